The number of benzene rings is 2. The number of hydrogen-bond donors (Lipinski definition) is 0. The zero-order valence-corrected chi connectivity index (χ0v) is 15.5. The van der Waals surface area contributed by atoms with Crippen molar-refractivity contribution >= 4 is 43.2 Å². The zero-order valence-electron chi connectivity index (χ0n) is 13.1. The Labute approximate surface area is 155 Å². The number of aromatic nitrogens is 4. The Balaban J connectivity index is 1.69. The summed E-state index contributed by atoms with van der Waals surface area (Å²) in [6.45, 7) is 2.03. The molecule has 5 aromatic rings. The first kappa shape index (κ1) is 14.8. The second kappa shape index (κ2) is 5.50. The lowest BCUT2D eigenvalue weighted by atomic mass is 10.1. The normalized spacial score (nSPS) is 11.6. The van der Waals surface area contributed by atoms with Crippen LogP contribution in [0.2, 0.25) is 0 Å². The summed E-state index contributed by atoms with van der Waals surface area (Å²) in [7, 11) is 0. The Morgan fingerprint density at radius 1 is 1.04 bits per heavy atom. The standard InChI is InChI=1S/C18H11BrN4OS/c1-10-13-4-2-3-5-14(13)24-15(10)16-20-21-18-23(16)22-17(25-18)11-6-8-12(19)9-7-11/h2-9H,1H3. The van der Waals surface area contributed by atoms with Crippen molar-refractivity contribution in [3.63, 3.8) is 0 Å². The van der Waals surface area contributed by atoms with E-state index in [9.17, 15) is 0 Å². The number of halogens is 1. The van der Waals surface area contributed by atoms with Gasteiger partial charge in [0, 0.05) is 21.0 Å². The van der Waals surface area contributed by atoms with Gasteiger partial charge in [-0.25, -0.2) is 0 Å². The molecule has 0 amide bonds. The monoisotopic (exact) mass is 410 g/mol. The third-order valence-electron chi connectivity index (χ3n) is 4.13. The lowest BCUT2D eigenvalue weighted by molar-refractivity contribution is 0.619. The molecule has 3 aromatic heterocycles. The third kappa shape index (κ3) is 2.31. The number of para-hydroxylation sites is 1. The van der Waals surface area contributed by atoms with Crippen LogP contribution in [-0.2, 0) is 0 Å². The molecule has 0 radical (unpaired) electrons. The number of nitrogens with zero attached hydrogens (tertiary/aromatic N) is 4. The summed E-state index contributed by atoms with van der Waals surface area (Å²) in [6, 6.07) is 16.0. The average molecular weight is 411 g/mol. The highest BCUT2D eigenvalue weighted by atomic mass is 79.9. The van der Waals surface area contributed by atoms with Crippen LogP contribution in [0.5, 0.6) is 0 Å². The molecule has 0 saturated heterocycles. The van der Waals surface area contributed by atoms with Crippen molar-refractivity contribution in [2.75, 3.05) is 0 Å². The summed E-state index contributed by atoms with van der Waals surface area (Å²) in [4.78, 5) is 0.743. The van der Waals surface area contributed by atoms with Gasteiger partial charge in [-0.3, -0.25) is 0 Å². The summed E-state index contributed by atoms with van der Waals surface area (Å²) in [5.41, 5.74) is 2.93. The Morgan fingerprint density at radius 3 is 2.64 bits per heavy atom. The summed E-state index contributed by atoms with van der Waals surface area (Å²) >= 11 is 4.96. The second-order valence-corrected chi connectivity index (χ2v) is 7.56. The lowest BCUT2D eigenvalue weighted by Gasteiger charge is -1.96. The first-order chi connectivity index (χ1) is 12.2. The van der Waals surface area contributed by atoms with Gasteiger partial charge in [-0.1, -0.05) is 57.6 Å². The fourth-order valence-corrected chi connectivity index (χ4v) is 3.96. The molecular formula is C18H11BrN4OS. The van der Waals surface area contributed by atoms with Crippen molar-refractivity contribution in [3.05, 3.63) is 58.6 Å². The van der Waals surface area contributed by atoms with Crippen molar-refractivity contribution in [3.8, 4) is 22.2 Å². The zero-order chi connectivity index (χ0) is 17.0. The van der Waals surface area contributed by atoms with E-state index in [1.807, 2.05) is 55.5 Å². The average Bonchev–Trinajstić information content (AvgIpc) is 3.29. The van der Waals surface area contributed by atoms with Crippen molar-refractivity contribution in [2.24, 2.45) is 0 Å². The number of rotatable bonds is 2. The Morgan fingerprint density at radius 2 is 1.84 bits per heavy atom. The molecular weight excluding hydrogens is 400 g/mol. The Hall–Kier alpha value is -2.51. The summed E-state index contributed by atoms with van der Waals surface area (Å²) in [5.74, 6) is 1.34. The molecule has 2 aromatic carbocycles. The van der Waals surface area contributed by atoms with Gasteiger partial charge in [0.1, 0.15) is 10.6 Å². The highest BCUT2D eigenvalue weighted by molar-refractivity contribution is 9.10. The molecule has 0 N–H and O–H groups in total. The summed E-state index contributed by atoms with van der Waals surface area (Å²) < 4.78 is 8.81. The predicted molar refractivity (Wildman–Crippen MR) is 102 cm³/mol. The highest BCUT2D eigenvalue weighted by Crippen LogP contribution is 2.34. The third-order valence-corrected chi connectivity index (χ3v) is 5.61. The van der Waals surface area contributed by atoms with Gasteiger partial charge in [0.2, 0.25) is 10.8 Å². The smallest absolute Gasteiger partial charge is 0.235 e. The second-order valence-electron chi connectivity index (χ2n) is 5.68. The van der Waals surface area contributed by atoms with E-state index in [0.29, 0.717) is 11.6 Å². The minimum atomic E-state index is 0.628. The quantitative estimate of drug-likeness (QED) is 0.394. The number of fused-ring (bicyclic) bond motifs is 2. The topological polar surface area (TPSA) is 56.2 Å². The molecule has 0 aliphatic heterocycles. The predicted octanol–water partition coefficient (Wildman–Crippen LogP) is 5.34. The Bertz CT molecular complexity index is 1220. The van der Waals surface area contributed by atoms with Gasteiger partial charge in [-0.2, -0.15) is 9.61 Å². The van der Waals surface area contributed by atoms with Crippen LogP contribution in [0.25, 0.3) is 38.1 Å². The molecule has 122 valence electrons. The largest absolute Gasteiger partial charge is 0.452 e. The summed E-state index contributed by atoms with van der Waals surface area (Å²) in [5, 5.41) is 15.2. The van der Waals surface area contributed by atoms with Crippen LogP contribution in [0.3, 0.4) is 0 Å². The van der Waals surface area contributed by atoms with Gasteiger partial charge >= 0.3 is 0 Å². The van der Waals surface area contributed by atoms with E-state index in [0.717, 1.165) is 36.5 Å². The van der Waals surface area contributed by atoms with Crippen LogP contribution in [0.15, 0.2) is 57.4 Å². The molecule has 0 aliphatic carbocycles. The maximum absolute atomic E-state index is 6.02. The molecule has 0 spiro atoms. The van der Waals surface area contributed by atoms with Crippen molar-refractivity contribution in [1.82, 2.24) is 19.8 Å². The first-order valence-electron chi connectivity index (χ1n) is 7.67. The molecule has 0 fully saturated rings. The summed E-state index contributed by atoms with van der Waals surface area (Å²) in [6.07, 6.45) is 0. The molecule has 7 heteroatoms. The van der Waals surface area contributed by atoms with Gasteiger partial charge in [0.05, 0.1) is 0 Å². The maximum Gasteiger partial charge on any atom is 0.235 e. The van der Waals surface area contributed by atoms with E-state index in [2.05, 4.69) is 26.1 Å². The van der Waals surface area contributed by atoms with E-state index in [4.69, 9.17) is 9.52 Å². The van der Waals surface area contributed by atoms with Gasteiger partial charge < -0.3 is 4.42 Å². The minimum absolute atomic E-state index is 0.628. The van der Waals surface area contributed by atoms with E-state index < -0.39 is 0 Å². The fraction of sp³-hybridized carbons (Fsp3) is 0.0556. The number of hydrogen-bond acceptors (Lipinski definition) is 5. The van der Waals surface area contributed by atoms with E-state index in [1.54, 1.807) is 4.52 Å². The van der Waals surface area contributed by atoms with Crippen LogP contribution in [0.4, 0.5) is 0 Å². The van der Waals surface area contributed by atoms with Gasteiger partial charge in [-0.05, 0) is 25.1 Å². The van der Waals surface area contributed by atoms with Crippen molar-refractivity contribution in [1.29, 1.82) is 0 Å². The molecule has 0 bridgehead atoms. The van der Waals surface area contributed by atoms with Crippen LogP contribution in [-0.4, -0.2) is 19.8 Å². The molecule has 5 rings (SSSR count). The minimum Gasteiger partial charge on any atom is -0.452 e. The van der Waals surface area contributed by atoms with Crippen molar-refractivity contribution in [2.45, 2.75) is 6.92 Å². The fourth-order valence-electron chi connectivity index (χ4n) is 2.86. The lowest BCUT2D eigenvalue weighted by Crippen LogP contribution is -1.91. The highest BCUT2D eigenvalue weighted by Gasteiger charge is 2.20. The Kier molecular flexibility index (Phi) is 3.26. The van der Waals surface area contributed by atoms with Gasteiger partial charge in [0.25, 0.3) is 0 Å². The molecule has 0 atom stereocenters. The van der Waals surface area contributed by atoms with E-state index >= 15 is 0 Å². The van der Waals surface area contributed by atoms with E-state index in [-0.39, 0.29) is 0 Å². The first-order valence-corrected chi connectivity index (χ1v) is 9.28. The molecule has 0 aliphatic rings. The molecule has 3 heterocycles. The molecule has 0 unspecified atom stereocenters. The van der Waals surface area contributed by atoms with Crippen LogP contribution in [0.1, 0.15) is 5.56 Å². The SMILES string of the molecule is Cc1c(-c2nnc3sc(-c4ccc(Br)cc4)nn23)oc2ccccc12. The molecule has 0 saturated carbocycles. The van der Waals surface area contributed by atoms with Crippen LogP contribution < -0.4 is 0 Å². The van der Waals surface area contributed by atoms with Crippen molar-refractivity contribution < 1.29 is 4.42 Å². The number of aryl methyl sites for hydroxylation is 1. The maximum atomic E-state index is 6.02. The molecule has 5 nitrogen and oxygen atoms in total. The van der Waals surface area contributed by atoms with Crippen LogP contribution >= 0.6 is 27.3 Å². The number of furan rings is 1. The van der Waals surface area contributed by atoms with Crippen LogP contribution in [0, 0.1) is 6.92 Å². The van der Waals surface area contributed by atoms with Gasteiger partial charge in [0.15, 0.2) is 5.76 Å². The molecule has 25 heavy (non-hydrogen) atoms. The van der Waals surface area contributed by atoms with E-state index in [1.165, 1.54) is 11.3 Å². The van der Waals surface area contributed by atoms with Gasteiger partial charge in [-0.15, -0.1) is 10.2 Å².